The number of carboxylic acids is 1. The van der Waals surface area contributed by atoms with E-state index in [-0.39, 0.29) is 89.5 Å². The third-order valence-corrected chi connectivity index (χ3v) is 24.4. The summed E-state index contributed by atoms with van der Waals surface area (Å²) in [7, 11) is -4.14. The van der Waals surface area contributed by atoms with Gasteiger partial charge in [-0.1, -0.05) is 152 Å². The Balaban J connectivity index is 1.17. The number of para-hydroxylation sites is 1. The number of sulfonamides is 1. The molecule has 44 nitrogen and oxygen atoms in total. The van der Waals surface area contributed by atoms with E-state index in [0.717, 1.165) is 37.0 Å². The standard InChI is InChI=1S/C90H138N22O22S/c1-3-5-7-8-9-10-11-12-13-14-15-16-20-34-76(118)111-135(133,134)44-26-35-75(117)99-52-77(119)101-66(39-41-78(120)121)82(125)105-67(38-40-74(91)116)83(126)108-71(47-58-50-96-55-100-58)86(129)110-72(54-113)87(130)104-64(30-6-4-2)80(123)106-68-37-36-59(114)51-95-42-24-23-32-63(79(92)122)102-85(128)70(46-57-49-98-62-31-22-21-29-61(57)62)107-81(124)65(33-25-43-97-90(93)94)103-84(127)69(45-56-27-18-17-19-28-56)109-88(131)73-48-60(115)53-112(73)89(68)132/h17-19,21-22,27-29,31,49-50,55,60,63-73,95,98,113,115H,3-16,20,23-26,30,32-48,51-54H2,1-2H3,(H2,91,116)(H2,92,122)(H,96,100)(H,99,117)(H,101,119)(H,102,128)(H,103,127)(H,104,130)(H,105,125)(H,106,123)(H,107,124)(H,108,126)(H,109,131)(H,110,129)(H,111,118)(H,120,121)(H4,93,94,97)/t60-,63+,64+,65+,66+,67+,68+,69-,70+,71+,72+,73+/m1/s1. The predicted octanol–water partition coefficient (Wildman–Crippen LogP) is -1.26. The number of nitrogens with one attached hydrogen (secondary N) is 17. The summed E-state index contributed by atoms with van der Waals surface area (Å²) in [6.45, 7) is 1.31. The zero-order valence-corrected chi connectivity index (χ0v) is 77.8. The van der Waals surface area contributed by atoms with Gasteiger partial charge in [-0.25, -0.2) is 13.4 Å². The number of benzene rings is 2. The first kappa shape index (κ1) is 111. The number of H-pyrrole nitrogens is 2. The number of primary amides is 2. The Morgan fingerprint density at radius 2 is 1.16 bits per heavy atom. The van der Waals surface area contributed by atoms with Crippen LogP contribution in [0.4, 0.5) is 0 Å². The third-order valence-electron chi connectivity index (χ3n) is 23.1. The van der Waals surface area contributed by atoms with Crippen LogP contribution in [0.2, 0.25) is 0 Å². The first-order chi connectivity index (χ1) is 64.6. The molecule has 26 N–H and O–H groups in total. The molecule has 2 aromatic carbocycles. The van der Waals surface area contributed by atoms with Crippen LogP contribution >= 0.6 is 0 Å². The molecule has 6 rings (SSSR count). The van der Waals surface area contributed by atoms with E-state index in [0.29, 0.717) is 41.3 Å². The summed E-state index contributed by atoms with van der Waals surface area (Å²) in [6, 6.07) is -2.42. The minimum Gasteiger partial charge on any atom is -0.481 e. The molecule has 0 spiro atoms. The molecule has 45 heteroatoms. The highest BCUT2D eigenvalue weighted by Gasteiger charge is 2.44. The number of imidazole rings is 1. The molecule has 0 unspecified atom stereocenters. The second-order valence-electron chi connectivity index (χ2n) is 34.2. The Kier molecular flexibility index (Phi) is 49.4. The molecule has 2 saturated heterocycles. The lowest BCUT2D eigenvalue weighted by atomic mass is 10.0. The van der Waals surface area contributed by atoms with Crippen molar-refractivity contribution in [1.82, 2.24) is 93.7 Å². The maximum atomic E-state index is 15.4. The van der Waals surface area contributed by atoms with Crippen LogP contribution in [-0.2, 0) is 111 Å². The number of hydrogen-bond acceptors (Lipinski definition) is 24. The molecule has 0 aliphatic carbocycles. The molecule has 135 heavy (non-hydrogen) atoms. The van der Waals surface area contributed by atoms with E-state index >= 15 is 14.4 Å². The molecule has 0 bridgehead atoms. The van der Waals surface area contributed by atoms with Crippen molar-refractivity contribution in [2.24, 2.45) is 17.2 Å². The lowest BCUT2D eigenvalue weighted by Crippen LogP contribution is -2.61. The number of carboxylic acid groups (broad SMARTS) is 1. The molecule has 0 radical (unpaired) electrons. The molecule has 2 aliphatic heterocycles. The molecule has 2 aromatic heterocycles. The van der Waals surface area contributed by atoms with Gasteiger partial charge in [0.15, 0.2) is 5.96 Å². The van der Waals surface area contributed by atoms with Gasteiger partial charge in [-0.2, -0.15) is 0 Å². The highest BCUT2D eigenvalue weighted by Crippen LogP contribution is 2.24. The number of hydrogen-bond donors (Lipinski definition) is 23. The summed E-state index contributed by atoms with van der Waals surface area (Å²) in [6.07, 6.45) is 12.5. The molecular weight excluding hydrogens is 1770 g/mol. The van der Waals surface area contributed by atoms with Crippen molar-refractivity contribution >= 4 is 127 Å². The van der Waals surface area contributed by atoms with Crippen molar-refractivity contribution in [3.05, 3.63) is 90.1 Å². The molecular formula is C90H138N22O22S. The lowest BCUT2D eigenvalue weighted by Gasteiger charge is -2.31. The number of nitrogens with two attached hydrogens (primary N) is 3. The van der Waals surface area contributed by atoms with Crippen LogP contribution in [-0.4, -0.2) is 268 Å². The summed E-state index contributed by atoms with van der Waals surface area (Å²) in [5, 5.41) is 73.7. The number of ketones is 1. The van der Waals surface area contributed by atoms with Crippen molar-refractivity contribution in [3.8, 4) is 0 Å². The number of rotatable bonds is 53. The lowest BCUT2D eigenvalue weighted by molar-refractivity contribution is -0.143. The second kappa shape index (κ2) is 60.0. The molecule has 12 atom stereocenters. The summed E-state index contributed by atoms with van der Waals surface area (Å²) < 4.78 is 27.5. The Morgan fingerprint density at radius 3 is 1.81 bits per heavy atom. The van der Waals surface area contributed by atoms with Crippen molar-refractivity contribution in [1.29, 1.82) is 5.41 Å². The number of guanidine groups is 1. The highest BCUT2D eigenvalue weighted by molar-refractivity contribution is 7.90. The predicted molar refractivity (Wildman–Crippen MR) is 496 cm³/mol. The highest BCUT2D eigenvalue weighted by atomic mass is 32.2. The number of unbranched alkanes of at least 4 members (excludes halogenated alkanes) is 13. The first-order valence-electron chi connectivity index (χ1n) is 46.7. The molecule has 2 aliphatic rings. The number of aliphatic carboxylic acids is 1. The van der Waals surface area contributed by atoms with E-state index in [1.807, 2.05) is 10.8 Å². The molecule has 2 fully saturated rings. The average molecular weight is 1910 g/mol. The van der Waals surface area contributed by atoms with E-state index in [4.69, 9.17) is 22.6 Å². The minimum atomic E-state index is -4.14. The quantitative estimate of drug-likeness (QED) is 0.0139. The number of fused-ring (bicyclic) bond motifs is 2. The molecule has 0 saturated carbocycles. The van der Waals surface area contributed by atoms with Crippen LogP contribution < -0.4 is 91.0 Å². The van der Waals surface area contributed by atoms with Gasteiger partial charge in [0.25, 0.3) is 0 Å². The van der Waals surface area contributed by atoms with Crippen LogP contribution in [0.1, 0.15) is 230 Å². The number of Topliss-reactive ketones (excluding diaryl/α,β-unsaturated/α-hetero) is 1. The summed E-state index contributed by atoms with van der Waals surface area (Å²) in [5.74, 6) is -17.8. The number of carbonyl (C=O) groups excluding carboxylic acids is 16. The monoisotopic (exact) mass is 1910 g/mol. The largest absolute Gasteiger partial charge is 0.481 e. The van der Waals surface area contributed by atoms with Crippen LogP contribution in [0.5, 0.6) is 0 Å². The number of aliphatic hydroxyl groups is 2. The molecule has 746 valence electrons. The fourth-order valence-electron chi connectivity index (χ4n) is 15.6. The Morgan fingerprint density at radius 1 is 0.585 bits per heavy atom. The number of nitrogens with zero attached hydrogens (tertiary/aromatic N) is 2. The number of amides is 15. The van der Waals surface area contributed by atoms with Crippen LogP contribution in [0.15, 0.2) is 73.3 Å². The Hall–Kier alpha value is -12.5. The van der Waals surface area contributed by atoms with Gasteiger partial charge in [0.05, 0.1) is 43.6 Å². The summed E-state index contributed by atoms with van der Waals surface area (Å²) >= 11 is 0. The van der Waals surface area contributed by atoms with Crippen molar-refractivity contribution in [2.45, 2.75) is 305 Å². The SMILES string of the molecule is CCCCCCCCCCCCCCCC(=O)NS(=O)(=O)CCCC(=O)NCC(=O)N[C@@H](CCC(=O)O)C(=O)N[C@@H](CCC(N)=O)C(=O)N[C@@H](Cc1c[nH]cn1)C(=O)N[C@@H](CO)C(=O)N[C@@H](CCCC)C(=O)N[C@H]1CCC(=O)CNCCCC[C@@H](C(N)=O)NC(=O)[C@H](Cc2c[nH]c3ccccc23)NC(=O)[C@H](CCCNC(=N)N)NC(=O)[C@@H](Cc2ccccc2)NC(=O)[C@@H]2C[C@@H](O)CN2C1=O. The third kappa shape index (κ3) is 41.9. The van der Waals surface area contributed by atoms with Crippen LogP contribution in [0, 0.1) is 5.41 Å². The zero-order valence-electron chi connectivity index (χ0n) is 77.0. The van der Waals surface area contributed by atoms with E-state index < -0.39 is 272 Å². The maximum absolute atomic E-state index is 15.4. The Bertz CT molecular complexity index is 4700. The van der Waals surface area contributed by atoms with Crippen LogP contribution in [0.25, 0.3) is 10.9 Å². The van der Waals surface area contributed by atoms with Gasteiger partial charge < -0.3 is 117 Å². The number of aromatic nitrogens is 3. The van der Waals surface area contributed by atoms with Gasteiger partial charge in [-0.3, -0.25) is 91.6 Å². The fraction of sp³-hybridized carbons (Fsp3) is 0.611. The fourth-order valence-corrected chi connectivity index (χ4v) is 16.7. The first-order valence-corrected chi connectivity index (χ1v) is 48.3. The van der Waals surface area contributed by atoms with E-state index in [2.05, 4.69) is 91.0 Å². The van der Waals surface area contributed by atoms with E-state index in [9.17, 15) is 90.9 Å². The number of aromatic amines is 2. The van der Waals surface area contributed by atoms with Crippen LogP contribution in [0.3, 0.4) is 0 Å². The van der Waals surface area contributed by atoms with Crippen molar-refractivity contribution < 1.29 is 105 Å². The van der Waals surface area contributed by atoms with Gasteiger partial charge in [0.2, 0.25) is 98.6 Å². The molecule has 15 amide bonds. The van der Waals surface area contributed by atoms with Gasteiger partial charge in [0.1, 0.15) is 72.2 Å². The topological polar surface area (TPSA) is 703 Å². The summed E-state index contributed by atoms with van der Waals surface area (Å²) in [5.41, 5.74) is 18.9. The number of carbonyl (C=O) groups is 17. The van der Waals surface area contributed by atoms with Crippen molar-refractivity contribution in [2.75, 3.05) is 45.1 Å². The normalized spacial score (nSPS) is 19.1. The maximum Gasteiger partial charge on any atom is 0.303 e. The molecule has 4 heterocycles. The van der Waals surface area contributed by atoms with E-state index in [1.54, 1.807) is 61.7 Å². The Labute approximate surface area is 785 Å². The summed E-state index contributed by atoms with van der Waals surface area (Å²) in [4.78, 5) is 248. The zero-order chi connectivity index (χ0) is 98.8. The van der Waals surface area contributed by atoms with Gasteiger partial charge in [-0.05, 0) is 94.4 Å². The van der Waals surface area contributed by atoms with E-state index in [1.165, 1.54) is 57.5 Å². The number of aliphatic hydroxyl groups excluding tert-OH is 2. The second-order valence-corrected chi connectivity index (χ2v) is 36.0. The molecule has 4 aromatic rings. The van der Waals surface area contributed by atoms with Gasteiger partial charge in [0, 0.05) is 94.2 Å². The van der Waals surface area contributed by atoms with Gasteiger partial charge in [-0.15, -0.1) is 0 Å². The van der Waals surface area contributed by atoms with Crippen molar-refractivity contribution in [3.63, 3.8) is 0 Å². The average Bonchev–Trinajstić information content (AvgIpc) is 1.80. The smallest absolute Gasteiger partial charge is 0.303 e. The minimum absolute atomic E-state index is 0.00318. The van der Waals surface area contributed by atoms with Gasteiger partial charge >= 0.3 is 5.97 Å².